The van der Waals surface area contributed by atoms with E-state index >= 15 is 0 Å². The first-order valence-electron chi connectivity index (χ1n) is 14.5. The molecule has 0 saturated carbocycles. The van der Waals surface area contributed by atoms with Crippen LogP contribution < -0.4 is 0 Å². The number of aromatic hydroxyl groups is 2. The van der Waals surface area contributed by atoms with Gasteiger partial charge in [-0.05, 0) is 126 Å². The first kappa shape index (κ1) is 33.9. The smallest absolute Gasteiger partial charge is 0.119 e. The molecule has 0 bridgehead atoms. The Kier molecular flexibility index (Phi) is 13.1. The Morgan fingerprint density at radius 3 is 1.12 bits per heavy atom. The van der Waals surface area contributed by atoms with E-state index in [9.17, 15) is 10.2 Å². The second kappa shape index (κ2) is 16.2. The highest BCUT2D eigenvalue weighted by atomic mass is 16.3. The second-order valence-electron chi connectivity index (χ2n) is 11.2. The predicted molar refractivity (Wildman–Crippen MR) is 185 cm³/mol. The molecule has 2 N–H and O–H groups in total. The van der Waals surface area contributed by atoms with E-state index in [0.717, 1.165) is 55.7 Å². The van der Waals surface area contributed by atoms with Crippen molar-refractivity contribution >= 4 is 12.2 Å². The van der Waals surface area contributed by atoms with Gasteiger partial charge in [-0.1, -0.05) is 107 Å². The number of hydrogen-bond donors (Lipinski definition) is 2. The number of phenolic OH excluding ortho intramolecular Hbond substituents is 2. The van der Waals surface area contributed by atoms with Crippen molar-refractivity contribution in [1.29, 1.82) is 0 Å². The van der Waals surface area contributed by atoms with E-state index in [-0.39, 0.29) is 0 Å². The third-order valence-electron chi connectivity index (χ3n) is 7.55. The van der Waals surface area contributed by atoms with Crippen molar-refractivity contribution in [2.24, 2.45) is 0 Å². The summed E-state index contributed by atoms with van der Waals surface area (Å²) in [4.78, 5) is 0. The zero-order valence-corrected chi connectivity index (χ0v) is 27.1. The van der Waals surface area contributed by atoms with Crippen molar-refractivity contribution in [2.45, 2.75) is 69.2 Å². The first-order chi connectivity index (χ1) is 19.8. The normalized spacial score (nSPS) is 14.2. The lowest BCUT2D eigenvalue weighted by Crippen LogP contribution is -1.91. The maximum atomic E-state index is 10.0. The van der Waals surface area contributed by atoms with Gasteiger partial charge in [-0.15, -0.1) is 0 Å². The zero-order valence-electron chi connectivity index (χ0n) is 27.1. The maximum Gasteiger partial charge on any atom is 0.119 e. The fourth-order valence-electron chi connectivity index (χ4n) is 4.44. The van der Waals surface area contributed by atoms with Crippen LogP contribution in [0.2, 0.25) is 0 Å². The van der Waals surface area contributed by atoms with Gasteiger partial charge in [0.05, 0.1) is 0 Å². The SMILES string of the molecule is CC(C=CC=C(C)C=Cc1c(C)cc(O)c(C)c1C)=CC=CC=C(C)C=CC=C(C)C=Cc1c(C)cc(O)c(C)c1C. The van der Waals surface area contributed by atoms with Crippen LogP contribution in [0.5, 0.6) is 11.5 Å². The van der Waals surface area contributed by atoms with E-state index in [0.29, 0.717) is 11.5 Å². The standard InChI is InChI=1S/C40H48O2/c1-27(17-13-19-29(3)21-23-37-31(5)25-39(41)35(9)33(37)7)15-11-12-16-28(2)18-14-20-30(4)22-24-38-32(6)26-40(42)36(10)34(38)8/h11-26,41-42H,1-10H3. The van der Waals surface area contributed by atoms with Gasteiger partial charge >= 0.3 is 0 Å². The molecule has 0 fully saturated rings. The summed E-state index contributed by atoms with van der Waals surface area (Å²) in [5, 5.41) is 20.0. The van der Waals surface area contributed by atoms with Crippen molar-refractivity contribution in [3.63, 3.8) is 0 Å². The maximum absolute atomic E-state index is 10.0. The Hall–Kier alpha value is -4.30. The summed E-state index contributed by atoms with van der Waals surface area (Å²) in [6.45, 7) is 20.4. The van der Waals surface area contributed by atoms with Crippen LogP contribution in [0.15, 0.2) is 107 Å². The molecule has 2 aromatic rings. The van der Waals surface area contributed by atoms with Crippen molar-refractivity contribution in [1.82, 2.24) is 0 Å². The van der Waals surface area contributed by atoms with E-state index in [2.05, 4.69) is 127 Å². The molecular formula is C40H48O2. The van der Waals surface area contributed by atoms with E-state index in [1.165, 1.54) is 11.1 Å². The molecule has 0 aliphatic carbocycles. The average Bonchev–Trinajstić information content (AvgIpc) is 2.92. The number of hydrogen-bond acceptors (Lipinski definition) is 2. The number of rotatable bonds is 10. The lowest BCUT2D eigenvalue weighted by atomic mass is 9.96. The van der Waals surface area contributed by atoms with Gasteiger partial charge in [0.1, 0.15) is 11.5 Å². The first-order valence-corrected chi connectivity index (χ1v) is 14.5. The lowest BCUT2D eigenvalue weighted by molar-refractivity contribution is 0.469. The largest absolute Gasteiger partial charge is 0.508 e. The van der Waals surface area contributed by atoms with Crippen molar-refractivity contribution < 1.29 is 10.2 Å². The number of allylic oxidation sites excluding steroid dienone is 16. The molecule has 0 aromatic heterocycles. The topological polar surface area (TPSA) is 40.5 Å². The molecule has 0 atom stereocenters. The minimum atomic E-state index is 0.357. The van der Waals surface area contributed by atoms with Crippen LogP contribution in [0, 0.1) is 41.5 Å². The van der Waals surface area contributed by atoms with Gasteiger partial charge < -0.3 is 10.2 Å². The monoisotopic (exact) mass is 560 g/mol. The lowest BCUT2D eigenvalue weighted by Gasteiger charge is -2.10. The van der Waals surface area contributed by atoms with Crippen LogP contribution >= 0.6 is 0 Å². The summed E-state index contributed by atoms with van der Waals surface area (Å²) in [5.41, 5.74) is 13.2. The van der Waals surface area contributed by atoms with Crippen molar-refractivity contribution in [3.8, 4) is 11.5 Å². The van der Waals surface area contributed by atoms with Gasteiger partial charge in [0.15, 0.2) is 0 Å². The highest BCUT2D eigenvalue weighted by Gasteiger charge is 2.08. The van der Waals surface area contributed by atoms with Crippen LogP contribution in [0.4, 0.5) is 0 Å². The highest BCUT2D eigenvalue weighted by molar-refractivity contribution is 5.65. The van der Waals surface area contributed by atoms with Crippen molar-refractivity contribution in [2.75, 3.05) is 0 Å². The molecule has 2 nitrogen and oxygen atoms in total. The number of benzene rings is 2. The summed E-state index contributed by atoms with van der Waals surface area (Å²) in [5.74, 6) is 0.713. The molecule has 2 rings (SSSR count). The minimum absolute atomic E-state index is 0.357. The molecule has 220 valence electrons. The Bertz CT molecular complexity index is 1440. The zero-order chi connectivity index (χ0) is 31.4. The summed E-state index contributed by atoms with van der Waals surface area (Å²) < 4.78 is 0. The van der Waals surface area contributed by atoms with Crippen LogP contribution in [0.1, 0.15) is 72.2 Å². The molecule has 0 heterocycles. The van der Waals surface area contributed by atoms with E-state index in [1.807, 2.05) is 39.8 Å². The molecule has 2 heteroatoms. The average molecular weight is 561 g/mol. The van der Waals surface area contributed by atoms with Crippen LogP contribution in [0.3, 0.4) is 0 Å². The molecule has 2 aromatic carbocycles. The van der Waals surface area contributed by atoms with E-state index < -0.39 is 0 Å². The van der Waals surface area contributed by atoms with Gasteiger partial charge in [0.2, 0.25) is 0 Å². The molecule has 0 unspecified atom stereocenters. The van der Waals surface area contributed by atoms with Crippen LogP contribution in [-0.4, -0.2) is 10.2 Å². The number of aryl methyl sites for hydroxylation is 2. The van der Waals surface area contributed by atoms with Gasteiger partial charge in [-0.25, -0.2) is 0 Å². The summed E-state index contributed by atoms with van der Waals surface area (Å²) >= 11 is 0. The van der Waals surface area contributed by atoms with Gasteiger partial charge in [-0.2, -0.15) is 0 Å². The minimum Gasteiger partial charge on any atom is -0.508 e. The molecular weight excluding hydrogens is 512 g/mol. The second-order valence-corrected chi connectivity index (χ2v) is 11.2. The van der Waals surface area contributed by atoms with Gasteiger partial charge in [0, 0.05) is 0 Å². The molecule has 42 heavy (non-hydrogen) atoms. The quantitative estimate of drug-likeness (QED) is 0.284. The highest BCUT2D eigenvalue weighted by Crippen LogP contribution is 2.28. The van der Waals surface area contributed by atoms with Gasteiger partial charge in [0.25, 0.3) is 0 Å². The molecule has 0 saturated heterocycles. The number of phenols is 2. The molecule has 0 aliphatic rings. The molecule has 0 spiro atoms. The summed E-state index contributed by atoms with van der Waals surface area (Å²) in [6.07, 6.45) is 29.3. The van der Waals surface area contributed by atoms with E-state index in [1.54, 1.807) is 0 Å². The fraction of sp³-hybridized carbons (Fsp3) is 0.250. The van der Waals surface area contributed by atoms with Crippen molar-refractivity contribution in [3.05, 3.63) is 152 Å². The molecule has 0 aliphatic heterocycles. The molecule has 0 amide bonds. The Balaban J connectivity index is 1.94. The summed E-state index contributed by atoms with van der Waals surface area (Å²) in [7, 11) is 0. The predicted octanol–water partition coefficient (Wildman–Crippen LogP) is 11.1. The Morgan fingerprint density at radius 1 is 0.452 bits per heavy atom. The van der Waals surface area contributed by atoms with Gasteiger partial charge in [-0.3, -0.25) is 0 Å². The third kappa shape index (κ3) is 10.3. The Labute approximate surface area is 254 Å². The summed E-state index contributed by atoms with van der Waals surface area (Å²) in [6, 6.07) is 3.66. The fourth-order valence-corrected chi connectivity index (χ4v) is 4.44. The third-order valence-corrected chi connectivity index (χ3v) is 7.55. The molecule has 0 radical (unpaired) electrons. The van der Waals surface area contributed by atoms with E-state index in [4.69, 9.17) is 0 Å². The van der Waals surface area contributed by atoms with Crippen LogP contribution in [0.25, 0.3) is 12.2 Å². The van der Waals surface area contributed by atoms with Crippen LogP contribution in [-0.2, 0) is 0 Å². The Morgan fingerprint density at radius 2 is 0.762 bits per heavy atom.